The van der Waals surface area contributed by atoms with Gasteiger partial charge in [0.2, 0.25) is 0 Å². The van der Waals surface area contributed by atoms with Crippen LogP contribution in [0.5, 0.6) is 5.75 Å². The molecule has 0 atom stereocenters. The van der Waals surface area contributed by atoms with Gasteiger partial charge in [0.05, 0.1) is 24.5 Å². The predicted octanol–water partition coefficient (Wildman–Crippen LogP) is 2.36. The van der Waals surface area contributed by atoms with Gasteiger partial charge in [-0.15, -0.1) is 0 Å². The van der Waals surface area contributed by atoms with Crippen molar-refractivity contribution >= 4 is 6.03 Å². The summed E-state index contributed by atoms with van der Waals surface area (Å²) in [7, 11) is 1.88. The van der Waals surface area contributed by atoms with Gasteiger partial charge in [0.25, 0.3) is 0 Å². The molecule has 26 heavy (non-hydrogen) atoms. The molecule has 0 aliphatic heterocycles. The Bertz CT molecular complexity index is 834. The van der Waals surface area contributed by atoms with Crippen molar-refractivity contribution in [1.29, 1.82) is 0 Å². The molecule has 2 heterocycles. The minimum Gasteiger partial charge on any atom is -0.492 e. The number of carbonyl (C=O) groups is 1. The number of pyridine rings is 1. The first-order chi connectivity index (χ1) is 12.7. The molecule has 3 aromatic rings. The molecule has 0 saturated heterocycles. The lowest BCUT2D eigenvalue weighted by Crippen LogP contribution is -2.37. The Labute approximate surface area is 152 Å². The number of rotatable bonds is 7. The van der Waals surface area contributed by atoms with Crippen LogP contribution in [0.25, 0.3) is 11.3 Å². The quantitative estimate of drug-likeness (QED) is 0.640. The summed E-state index contributed by atoms with van der Waals surface area (Å²) >= 11 is 0. The molecule has 1 aromatic carbocycles. The SMILES string of the molecule is Cn1nc(CNC(=O)NCCOc2ccccc2)cc1-c1ccncc1. The van der Waals surface area contributed by atoms with Crippen LogP contribution in [0.15, 0.2) is 60.9 Å². The van der Waals surface area contributed by atoms with Crippen LogP contribution >= 0.6 is 0 Å². The highest BCUT2D eigenvalue weighted by Crippen LogP contribution is 2.18. The van der Waals surface area contributed by atoms with E-state index in [4.69, 9.17) is 4.74 Å². The van der Waals surface area contributed by atoms with E-state index in [2.05, 4.69) is 20.7 Å². The average molecular weight is 351 g/mol. The lowest BCUT2D eigenvalue weighted by atomic mass is 10.2. The van der Waals surface area contributed by atoms with E-state index in [1.165, 1.54) is 0 Å². The second-order valence-electron chi connectivity index (χ2n) is 5.65. The maximum atomic E-state index is 11.9. The molecule has 2 amide bonds. The summed E-state index contributed by atoms with van der Waals surface area (Å²) < 4.78 is 7.31. The largest absolute Gasteiger partial charge is 0.492 e. The molecule has 0 radical (unpaired) electrons. The third kappa shape index (κ3) is 4.83. The number of amides is 2. The van der Waals surface area contributed by atoms with Crippen molar-refractivity contribution in [2.75, 3.05) is 13.2 Å². The zero-order chi connectivity index (χ0) is 18.2. The number of nitrogens with one attached hydrogen (secondary N) is 2. The Balaban J connectivity index is 1.42. The third-order valence-electron chi connectivity index (χ3n) is 3.74. The van der Waals surface area contributed by atoms with E-state index in [0.29, 0.717) is 19.7 Å². The maximum absolute atomic E-state index is 11.9. The summed E-state index contributed by atoms with van der Waals surface area (Å²) in [4.78, 5) is 15.9. The van der Waals surface area contributed by atoms with E-state index in [1.807, 2.05) is 55.6 Å². The standard InChI is InChI=1S/C19H21N5O2/c1-24-18(15-7-9-20-10-8-15)13-16(23-24)14-22-19(25)21-11-12-26-17-5-3-2-4-6-17/h2-10,13H,11-12,14H2,1H3,(H2,21,22,25). The molecule has 0 unspecified atom stereocenters. The monoisotopic (exact) mass is 351 g/mol. The molecular formula is C19H21N5O2. The minimum atomic E-state index is -0.252. The van der Waals surface area contributed by atoms with Crippen LogP contribution in [0.3, 0.4) is 0 Å². The zero-order valence-corrected chi connectivity index (χ0v) is 14.6. The number of aromatic nitrogens is 3. The summed E-state index contributed by atoms with van der Waals surface area (Å²) in [6.07, 6.45) is 3.48. The number of nitrogens with zero attached hydrogens (tertiary/aromatic N) is 3. The number of benzene rings is 1. The van der Waals surface area contributed by atoms with Gasteiger partial charge in [-0.1, -0.05) is 18.2 Å². The summed E-state index contributed by atoms with van der Waals surface area (Å²) in [5.74, 6) is 0.784. The molecule has 0 fully saturated rings. The molecule has 0 bridgehead atoms. The molecule has 0 aliphatic carbocycles. The fourth-order valence-electron chi connectivity index (χ4n) is 2.49. The fourth-order valence-corrected chi connectivity index (χ4v) is 2.49. The van der Waals surface area contributed by atoms with Crippen molar-refractivity contribution in [1.82, 2.24) is 25.4 Å². The highest BCUT2D eigenvalue weighted by molar-refractivity contribution is 5.73. The van der Waals surface area contributed by atoms with Gasteiger partial charge in [0.1, 0.15) is 12.4 Å². The van der Waals surface area contributed by atoms with Crippen molar-refractivity contribution in [3.05, 3.63) is 66.6 Å². The highest BCUT2D eigenvalue weighted by atomic mass is 16.5. The number of hydrogen-bond donors (Lipinski definition) is 2. The lowest BCUT2D eigenvalue weighted by Gasteiger charge is -2.08. The second-order valence-corrected chi connectivity index (χ2v) is 5.65. The Morgan fingerprint density at radius 3 is 2.65 bits per heavy atom. The first kappa shape index (κ1) is 17.5. The molecule has 134 valence electrons. The first-order valence-corrected chi connectivity index (χ1v) is 8.35. The van der Waals surface area contributed by atoms with Crippen molar-refractivity contribution in [2.24, 2.45) is 7.05 Å². The Morgan fingerprint density at radius 1 is 1.12 bits per heavy atom. The van der Waals surface area contributed by atoms with Crippen LogP contribution in [0, 0.1) is 0 Å². The zero-order valence-electron chi connectivity index (χ0n) is 14.6. The molecule has 2 aromatic heterocycles. The van der Waals surface area contributed by atoms with E-state index in [1.54, 1.807) is 17.1 Å². The first-order valence-electron chi connectivity index (χ1n) is 8.35. The molecule has 0 spiro atoms. The number of hydrogen-bond acceptors (Lipinski definition) is 4. The van der Waals surface area contributed by atoms with E-state index < -0.39 is 0 Å². The topological polar surface area (TPSA) is 81.1 Å². The van der Waals surface area contributed by atoms with Crippen LogP contribution in [-0.2, 0) is 13.6 Å². The van der Waals surface area contributed by atoms with Crippen molar-refractivity contribution in [2.45, 2.75) is 6.54 Å². The Hall–Kier alpha value is -3.35. The molecule has 0 aliphatic rings. The van der Waals surface area contributed by atoms with Crippen molar-refractivity contribution < 1.29 is 9.53 Å². The number of carbonyl (C=O) groups excluding carboxylic acids is 1. The van der Waals surface area contributed by atoms with Gasteiger partial charge < -0.3 is 15.4 Å². The van der Waals surface area contributed by atoms with E-state index in [9.17, 15) is 4.79 Å². The predicted molar refractivity (Wildman–Crippen MR) is 98.6 cm³/mol. The Kier molecular flexibility index (Phi) is 5.82. The normalized spacial score (nSPS) is 10.3. The van der Waals surface area contributed by atoms with E-state index >= 15 is 0 Å². The summed E-state index contributed by atoms with van der Waals surface area (Å²) in [5, 5.41) is 9.98. The van der Waals surface area contributed by atoms with Gasteiger partial charge in [0.15, 0.2) is 0 Å². The number of urea groups is 1. The minimum absolute atomic E-state index is 0.252. The summed E-state index contributed by atoms with van der Waals surface area (Å²) in [5.41, 5.74) is 2.79. The van der Waals surface area contributed by atoms with Crippen LogP contribution in [-0.4, -0.2) is 33.9 Å². The van der Waals surface area contributed by atoms with Gasteiger partial charge in [-0.25, -0.2) is 4.79 Å². The van der Waals surface area contributed by atoms with Gasteiger partial charge in [-0.3, -0.25) is 9.67 Å². The number of para-hydroxylation sites is 1. The van der Waals surface area contributed by atoms with Gasteiger partial charge in [-0.05, 0) is 30.3 Å². The second kappa shape index (κ2) is 8.66. The molecule has 3 rings (SSSR count). The Morgan fingerprint density at radius 2 is 1.88 bits per heavy atom. The van der Waals surface area contributed by atoms with Crippen molar-refractivity contribution in [3.8, 4) is 17.0 Å². The molecule has 2 N–H and O–H groups in total. The van der Waals surface area contributed by atoms with Gasteiger partial charge in [0, 0.05) is 25.0 Å². The average Bonchev–Trinajstić information content (AvgIpc) is 3.06. The van der Waals surface area contributed by atoms with Gasteiger partial charge >= 0.3 is 6.03 Å². The van der Waals surface area contributed by atoms with Gasteiger partial charge in [-0.2, -0.15) is 5.10 Å². The molecule has 7 heteroatoms. The van der Waals surface area contributed by atoms with E-state index in [-0.39, 0.29) is 6.03 Å². The summed E-state index contributed by atoms with van der Waals surface area (Å²) in [6.45, 7) is 1.18. The van der Waals surface area contributed by atoms with Crippen LogP contribution in [0.1, 0.15) is 5.69 Å². The van der Waals surface area contributed by atoms with Crippen LogP contribution in [0.2, 0.25) is 0 Å². The molecule has 7 nitrogen and oxygen atoms in total. The lowest BCUT2D eigenvalue weighted by molar-refractivity contribution is 0.236. The maximum Gasteiger partial charge on any atom is 0.315 e. The van der Waals surface area contributed by atoms with E-state index in [0.717, 1.165) is 22.7 Å². The number of ether oxygens (including phenoxy) is 1. The third-order valence-corrected chi connectivity index (χ3v) is 3.74. The highest BCUT2D eigenvalue weighted by Gasteiger charge is 2.08. The smallest absolute Gasteiger partial charge is 0.315 e. The fraction of sp³-hybridized carbons (Fsp3) is 0.211. The van der Waals surface area contributed by atoms with Crippen LogP contribution in [0.4, 0.5) is 4.79 Å². The molecular weight excluding hydrogens is 330 g/mol. The van der Waals surface area contributed by atoms with Crippen LogP contribution < -0.4 is 15.4 Å². The molecule has 0 saturated carbocycles. The number of aryl methyl sites for hydroxylation is 1. The summed E-state index contributed by atoms with van der Waals surface area (Å²) in [6, 6.07) is 15.0. The van der Waals surface area contributed by atoms with Crippen molar-refractivity contribution in [3.63, 3.8) is 0 Å².